The minimum absolute atomic E-state index is 0.0305. The summed E-state index contributed by atoms with van der Waals surface area (Å²) in [6.07, 6.45) is 4.47. The number of nitrogens with one attached hydrogen (secondary N) is 2. The summed E-state index contributed by atoms with van der Waals surface area (Å²) in [6, 6.07) is 8.07. The summed E-state index contributed by atoms with van der Waals surface area (Å²) in [6.45, 7) is 2.97. The van der Waals surface area contributed by atoms with E-state index in [1.54, 1.807) is 0 Å². The molecular weight excluding hydrogens is 304 g/mol. The Morgan fingerprint density at radius 1 is 1.42 bits per heavy atom. The molecule has 1 fully saturated rings. The molecule has 19 heavy (non-hydrogen) atoms. The maximum atomic E-state index is 12.2. The lowest BCUT2D eigenvalue weighted by molar-refractivity contribution is -0.123. The van der Waals surface area contributed by atoms with E-state index in [4.69, 9.17) is 0 Å². The van der Waals surface area contributed by atoms with Crippen LogP contribution in [0.4, 0.5) is 0 Å². The van der Waals surface area contributed by atoms with E-state index in [0.717, 1.165) is 29.4 Å². The van der Waals surface area contributed by atoms with Crippen LogP contribution in [0.15, 0.2) is 28.7 Å². The molecule has 1 aliphatic heterocycles. The Bertz CT molecular complexity index is 428. The Labute approximate surface area is 123 Å². The summed E-state index contributed by atoms with van der Waals surface area (Å²) in [5, 5.41) is 6.43. The molecule has 104 valence electrons. The van der Waals surface area contributed by atoms with Crippen molar-refractivity contribution in [1.82, 2.24) is 10.6 Å². The quantitative estimate of drug-likeness (QED) is 0.896. The zero-order valence-electron chi connectivity index (χ0n) is 11.3. The predicted molar refractivity (Wildman–Crippen MR) is 81.0 cm³/mol. The molecule has 1 aromatic rings. The number of halogens is 1. The van der Waals surface area contributed by atoms with Crippen LogP contribution in [0.1, 0.15) is 44.2 Å². The SMILES string of the molecule is C[C@H](NC(=O)C1CCCCCN1)c1cccc(Br)c1. The lowest BCUT2D eigenvalue weighted by atomic mass is 10.1. The summed E-state index contributed by atoms with van der Waals surface area (Å²) in [5.74, 6) is 0.120. The van der Waals surface area contributed by atoms with Crippen LogP contribution >= 0.6 is 15.9 Å². The van der Waals surface area contributed by atoms with E-state index in [2.05, 4.69) is 26.6 Å². The van der Waals surface area contributed by atoms with E-state index in [0.29, 0.717) is 0 Å². The van der Waals surface area contributed by atoms with Crippen molar-refractivity contribution in [1.29, 1.82) is 0 Å². The lowest BCUT2D eigenvalue weighted by Crippen LogP contribution is -2.44. The second-order valence-corrected chi connectivity index (χ2v) is 6.06. The Kier molecular flexibility index (Phi) is 5.40. The number of hydrogen-bond donors (Lipinski definition) is 2. The van der Waals surface area contributed by atoms with Gasteiger partial charge in [-0.3, -0.25) is 4.79 Å². The smallest absolute Gasteiger partial charge is 0.237 e. The van der Waals surface area contributed by atoms with Gasteiger partial charge in [-0.25, -0.2) is 0 Å². The third-order valence-electron chi connectivity index (χ3n) is 3.58. The molecule has 1 heterocycles. The Hall–Kier alpha value is -0.870. The van der Waals surface area contributed by atoms with Gasteiger partial charge in [-0.1, -0.05) is 40.9 Å². The van der Waals surface area contributed by atoms with Crippen molar-refractivity contribution < 1.29 is 4.79 Å². The molecule has 0 aliphatic carbocycles. The van der Waals surface area contributed by atoms with E-state index in [9.17, 15) is 4.79 Å². The highest BCUT2D eigenvalue weighted by atomic mass is 79.9. The van der Waals surface area contributed by atoms with Gasteiger partial charge in [0.1, 0.15) is 0 Å². The van der Waals surface area contributed by atoms with Gasteiger partial charge in [0.2, 0.25) is 5.91 Å². The van der Waals surface area contributed by atoms with E-state index in [1.165, 1.54) is 12.8 Å². The minimum Gasteiger partial charge on any atom is -0.348 e. The lowest BCUT2D eigenvalue weighted by Gasteiger charge is -2.20. The summed E-state index contributed by atoms with van der Waals surface area (Å²) in [4.78, 5) is 12.2. The number of rotatable bonds is 3. The molecule has 0 saturated carbocycles. The van der Waals surface area contributed by atoms with Crippen LogP contribution in [0.3, 0.4) is 0 Å². The van der Waals surface area contributed by atoms with Gasteiger partial charge in [0, 0.05) is 4.47 Å². The van der Waals surface area contributed by atoms with Crippen molar-refractivity contribution in [3.8, 4) is 0 Å². The first kappa shape index (κ1) is 14.5. The molecule has 2 N–H and O–H groups in total. The van der Waals surface area contributed by atoms with Gasteiger partial charge < -0.3 is 10.6 Å². The molecule has 1 aromatic carbocycles. The maximum absolute atomic E-state index is 12.2. The number of carbonyl (C=O) groups excluding carboxylic acids is 1. The second kappa shape index (κ2) is 7.06. The van der Waals surface area contributed by atoms with Crippen molar-refractivity contribution in [3.63, 3.8) is 0 Å². The summed E-state index contributed by atoms with van der Waals surface area (Å²) >= 11 is 3.46. The van der Waals surface area contributed by atoms with Gasteiger partial charge in [-0.15, -0.1) is 0 Å². The van der Waals surface area contributed by atoms with E-state index in [1.807, 2.05) is 31.2 Å². The van der Waals surface area contributed by atoms with Crippen LogP contribution in [-0.4, -0.2) is 18.5 Å². The fourth-order valence-corrected chi connectivity index (χ4v) is 2.84. The summed E-state index contributed by atoms with van der Waals surface area (Å²) in [7, 11) is 0. The normalized spacial score (nSPS) is 21.5. The van der Waals surface area contributed by atoms with Gasteiger partial charge in [0.25, 0.3) is 0 Å². The molecule has 0 aromatic heterocycles. The van der Waals surface area contributed by atoms with E-state index >= 15 is 0 Å². The topological polar surface area (TPSA) is 41.1 Å². The summed E-state index contributed by atoms with van der Waals surface area (Å²) in [5.41, 5.74) is 1.12. The number of amides is 1. The zero-order valence-corrected chi connectivity index (χ0v) is 12.9. The van der Waals surface area contributed by atoms with Gasteiger partial charge in [0.15, 0.2) is 0 Å². The third kappa shape index (κ3) is 4.32. The first-order valence-corrected chi connectivity index (χ1v) is 7.75. The molecule has 0 bridgehead atoms. The first-order valence-electron chi connectivity index (χ1n) is 6.96. The van der Waals surface area contributed by atoms with Gasteiger partial charge in [-0.05, 0) is 44.0 Å². The van der Waals surface area contributed by atoms with Crippen LogP contribution < -0.4 is 10.6 Å². The highest BCUT2D eigenvalue weighted by Crippen LogP contribution is 2.18. The highest BCUT2D eigenvalue weighted by Gasteiger charge is 2.21. The van der Waals surface area contributed by atoms with E-state index < -0.39 is 0 Å². The average Bonchev–Trinajstić information content (AvgIpc) is 2.67. The van der Waals surface area contributed by atoms with Crippen LogP contribution in [0, 0.1) is 0 Å². The number of hydrogen-bond acceptors (Lipinski definition) is 2. The Morgan fingerprint density at radius 3 is 3.05 bits per heavy atom. The van der Waals surface area contributed by atoms with Crippen LogP contribution in [0.5, 0.6) is 0 Å². The number of carbonyl (C=O) groups is 1. The molecule has 4 heteroatoms. The fraction of sp³-hybridized carbons (Fsp3) is 0.533. The largest absolute Gasteiger partial charge is 0.348 e. The molecule has 0 spiro atoms. The first-order chi connectivity index (χ1) is 9.16. The van der Waals surface area contributed by atoms with E-state index in [-0.39, 0.29) is 18.0 Å². The molecule has 0 radical (unpaired) electrons. The van der Waals surface area contributed by atoms with Crippen LogP contribution in [-0.2, 0) is 4.79 Å². The van der Waals surface area contributed by atoms with Gasteiger partial charge >= 0.3 is 0 Å². The molecule has 1 aliphatic rings. The van der Waals surface area contributed by atoms with Gasteiger partial charge in [0.05, 0.1) is 12.1 Å². The average molecular weight is 325 g/mol. The Balaban J connectivity index is 1.94. The summed E-state index contributed by atoms with van der Waals surface area (Å²) < 4.78 is 1.04. The fourth-order valence-electron chi connectivity index (χ4n) is 2.43. The van der Waals surface area contributed by atoms with Crippen LogP contribution in [0.2, 0.25) is 0 Å². The number of benzene rings is 1. The maximum Gasteiger partial charge on any atom is 0.237 e. The molecule has 1 amide bonds. The van der Waals surface area contributed by atoms with Gasteiger partial charge in [-0.2, -0.15) is 0 Å². The van der Waals surface area contributed by atoms with Crippen molar-refractivity contribution in [2.45, 2.75) is 44.7 Å². The minimum atomic E-state index is -0.0305. The standard InChI is InChI=1S/C15H21BrN2O/c1-11(12-6-5-7-13(16)10-12)18-15(19)14-8-3-2-4-9-17-14/h5-7,10-11,14,17H,2-4,8-9H2,1H3,(H,18,19)/t11-,14?/m0/s1. The molecule has 2 rings (SSSR count). The predicted octanol–water partition coefficient (Wildman–Crippen LogP) is 3.16. The molecule has 2 atom stereocenters. The van der Waals surface area contributed by atoms with Crippen molar-refractivity contribution >= 4 is 21.8 Å². The highest BCUT2D eigenvalue weighted by molar-refractivity contribution is 9.10. The van der Waals surface area contributed by atoms with Crippen molar-refractivity contribution in [3.05, 3.63) is 34.3 Å². The molecule has 3 nitrogen and oxygen atoms in total. The Morgan fingerprint density at radius 2 is 2.26 bits per heavy atom. The van der Waals surface area contributed by atoms with Crippen molar-refractivity contribution in [2.75, 3.05) is 6.54 Å². The van der Waals surface area contributed by atoms with Crippen molar-refractivity contribution in [2.24, 2.45) is 0 Å². The van der Waals surface area contributed by atoms with Crippen LogP contribution in [0.25, 0.3) is 0 Å². The monoisotopic (exact) mass is 324 g/mol. The molecule has 1 unspecified atom stereocenters. The molecular formula is C15H21BrN2O. The molecule has 1 saturated heterocycles. The zero-order chi connectivity index (χ0) is 13.7. The third-order valence-corrected chi connectivity index (χ3v) is 4.08. The second-order valence-electron chi connectivity index (χ2n) is 5.14.